The number of unbranched alkanes of at least 4 members (excludes halogenated alkanes) is 1. The molecule has 0 saturated heterocycles. The van der Waals surface area contributed by atoms with E-state index in [-0.39, 0.29) is 12.0 Å². The summed E-state index contributed by atoms with van der Waals surface area (Å²) in [5.74, 6) is 0.955. The van der Waals surface area contributed by atoms with Crippen LogP contribution in [0.2, 0.25) is 0 Å². The topological polar surface area (TPSA) is 41.5 Å². The Morgan fingerprint density at radius 3 is 2.53 bits per heavy atom. The maximum atomic E-state index is 8.72. The SMILES string of the molecule is COc1ccc(CNCCCCO)cc1C(C)(C)C. The first-order valence-corrected chi connectivity index (χ1v) is 6.98. The minimum Gasteiger partial charge on any atom is -0.496 e. The Bertz CT molecular complexity index is 383. The summed E-state index contributed by atoms with van der Waals surface area (Å²) in [6, 6.07) is 6.37. The Morgan fingerprint density at radius 2 is 1.95 bits per heavy atom. The number of benzene rings is 1. The fourth-order valence-electron chi connectivity index (χ4n) is 2.05. The zero-order valence-electron chi connectivity index (χ0n) is 12.6. The highest BCUT2D eigenvalue weighted by molar-refractivity contribution is 5.41. The standard InChI is InChI=1S/C16H27NO2/c1-16(2,3)14-11-13(7-8-15(14)19-4)12-17-9-5-6-10-18/h7-8,11,17-18H,5-6,9-10,12H2,1-4H3. The maximum Gasteiger partial charge on any atom is 0.122 e. The van der Waals surface area contributed by atoms with Crippen molar-refractivity contribution >= 4 is 0 Å². The summed E-state index contributed by atoms with van der Waals surface area (Å²) < 4.78 is 5.44. The predicted molar refractivity (Wildman–Crippen MR) is 79.7 cm³/mol. The minimum atomic E-state index is 0.0816. The largest absolute Gasteiger partial charge is 0.496 e. The fourth-order valence-corrected chi connectivity index (χ4v) is 2.05. The van der Waals surface area contributed by atoms with Crippen molar-refractivity contribution in [3.05, 3.63) is 29.3 Å². The van der Waals surface area contributed by atoms with Gasteiger partial charge in [0.05, 0.1) is 7.11 Å². The summed E-state index contributed by atoms with van der Waals surface area (Å²) in [4.78, 5) is 0. The molecule has 3 heteroatoms. The van der Waals surface area contributed by atoms with Crippen molar-refractivity contribution in [3.8, 4) is 5.75 Å². The average Bonchev–Trinajstić information content (AvgIpc) is 2.37. The third-order valence-electron chi connectivity index (χ3n) is 3.16. The quantitative estimate of drug-likeness (QED) is 0.745. The van der Waals surface area contributed by atoms with Crippen LogP contribution in [0.25, 0.3) is 0 Å². The molecule has 2 N–H and O–H groups in total. The molecule has 0 aromatic heterocycles. The summed E-state index contributed by atoms with van der Waals surface area (Å²) >= 11 is 0. The molecular formula is C16H27NO2. The average molecular weight is 265 g/mol. The summed E-state index contributed by atoms with van der Waals surface area (Å²) in [5.41, 5.74) is 2.59. The van der Waals surface area contributed by atoms with E-state index >= 15 is 0 Å². The van der Waals surface area contributed by atoms with Gasteiger partial charge in [0, 0.05) is 13.2 Å². The van der Waals surface area contributed by atoms with Gasteiger partial charge in [0.15, 0.2) is 0 Å². The number of aliphatic hydroxyl groups excluding tert-OH is 1. The van der Waals surface area contributed by atoms with E-state index < -0.39 is 0 Å². The van der Waals surface area contributed by atoms with Crippen molar-refractivity contribution in [1.29, 1.82) is 0 Å². The lowest BCUT2D eigenvalue weighted by atomic mass is 9.85. The van der Waals surface area contributed by atoms with E-state index in [1.54, 1.807) is 7.11 Å². The molecule has 0 aliphatic rings. The molecule has 1 aromatic rings. The zero-order valence-corrected chi connectivity index (χ0v) is 12.6. The lowest BCUT2D eigenvalue weighted by molar-refractivity contribution is 0.283. The molecule has 0 spiro atoms. The molecule has 19 heavy (non-hydrogen) atoms. The van der Waals surface area contributed by atoms with E-state index in [4.69, 9.17) is 9.84 Å². The van der Waals surface area contributed by atoms with Crippen LogP contribution in [0, 0.1) is 0 Å². The number of aliphatic hydroxyl groups is 1. The first-order chi connectivity index (χ1) is 8.99. The van der Waals surface area contributed by atoms with Crippen molar-refractivity contribution < 1.29 is 9.84 Å². The smallest absolute Gasteiger partial charge is 0.122 e. The van der Waals surface area contributed by atoms with Crippen molar-refractivity contribution in [3.63, 3.8) is 0 Å². The molecule has 0 atom stereocenters. The van der Waals surface area contributed by atoms with Crippen LogP contribution in [0.4, 0.5) is 0 Å². The summed E-state index contributed by atoms with van der Waals surface area (Å²) in [7, 11) is 1.72. The lowest BCUT2D eigenvalue weighted by Crippen LogP contribution is -2.17. The summed E-state index contributed by atoms with van der Waals surface area (Å²) in [6.45, 7) is 8.67. The third-order valence-corrected chi connectivity index (χ3v) is 3.16. The molecule has 1 aromatic carbocycles. The van der Waals surface area contributed by atoms with Gasteiger partial charge in [-0.15, -0.1) is 0 Å². The van der Waals surface area contributed by atoms with E-state index in [2.05, 4.69) is 38.2 Å². The molecular weight excluding hydrogens is 238 g/mol. The summed E-state index contributed by atoms with van der Waals surface area (Å²) in [6.07, 6.45) is 1.88. The van der Waals surface area contributed by atoms with Crippen LogP contribution in [-0.2, 0) is 12.0 Å². The van der Waals surface area contributed by atoms with Crippen LogP contribution in [0.5, 0.6) is 5.75 Å². The second-order valence-corrected chi connectivity index (χ2v) is 5.89. The monoisotopic (exact) mass is 265 g/mol. The molecule has 0 aliphatic heterocycles. The van der Waals surface area contributed by atoms with Gasteiger partial charge in [-0.25, -0.2) is 0 Å². The number of hydrogen-bond donors (Lipinski definition) is 2. The van der Waals surface area contributed by atoms with E-state index in [9.17, 15) is 0 Å². The molecule has 0 unspecified atom stereocenters. The van der Waals surface area contributed by atoms with Crippen molar-refractivity contribution in [2.24, 2.45) is 0 Å². The van der Waals surface area contributed by atoms with Crippen LogP contribution in [0.15, 0.2) is 18.2 Å². The normalized spacial score (nSPS) is 11.6. The Kier molecular flexibility index (Phi) is 6.32. The van der Waals surface area contributed by atoms with Gasteiger partial charge in [0.2, 0.25) is 0 Å². The van der Waals surface area contributed by atoms with Crippen molar-refractivity contribution in [1.82, 2.24) is 5.32 Å². The van der Waals surface area contributed by atoms with Gasteiger partial charge in [0.25, 0.3) is 0 Å². The molecule has 3 nitrogen and oxygen atoms in total. The summed E-state index contributed by atoms with van der Waals surface area (Å²) in [5, 5.41) is 12.1. The Balaban J connectivity index is 2.65. The second kappa shape index (κ2) is 7.51. The molecule has 108 valence electrons. The van der Waals surface area contributed by atoms with Gasteiger partial charge in [-0.1, -0.05) is 32.9 Å². The van der Waals surface area contributed by atoms with Crippen LogP contribution in [0.3, 0.4) is 0 Å². The fraction of sp³-hybridized carbons (Fsp3) is 0.625. The van der Waals surface area contributed by atoms with Gasteiger partial charge < -0.3 is 15.2 Å². The number of methoxy groups -OCH3 is 1. The molecule has 0 saturated carbocycles. The molecule has 1 rings (SSSR count). The van der Waals surface area contributed by atoms with Gasteiger partial charge in [-0.3, -0.25) is 0 Å². The zero-order chi connectivity index (χ0) is 14.3. The van der Waals surface area contributed by atoms with Gasteiger partial charge in [-0.05, 0) is 42.0 Å². The lowest BCUT2D eigenvalue weighted by Gasteiger charge is -2.23. The van der Waals surface area contributed by atoms with E-state index in [0.717, 1.165) is 31.7 Å². The number of rotatable bonds is 7. The first-order valence-electron chi connectivity index (χ1n) is 6.98. The molecule has 0 bridgehead atoms. The molecule has 0 fully saturated rings. The van der Waals surface area contributed by atoms with E-state index in [1.807, 2.05) is 6.07 Å². The molecule has 0 amide bonds. The Labute approximate surface area is 117 Å². The molecule has 0 aliphatic carbocycles. The minimum absolute atomic E-state index is 0.0816. The van der Waals surface area contributed by atoms with Crippen LogP contribution < -0.4 is 10.1 Å². The maximum absolute atomic E-state index is 8.72. The predicted octanol–water partition coefficient (Wildman–Crippen LogP) is 2.85. The highest BCUT2D eigenvalue weighted by Gasteiger charge is 2.18. The Hall–Kier alpha value is -1.06. The van der Waals surface area contributed by atoms with Gasteiger partial charge >= 0.3 is 0 Å². The van der Waals surface area contributed by atoms with E-state index in [1.165, 1.54) is 11.1 Å². The van der Waals surface area contributed by atoms with Crippen LogP contribution in [0.1, 0.15) is 44.7 Å². The van der Waals surface area contributed by atoms with Crippen LogP contribution in [-0.4, -0.2) is 25.4 Å². The highest BCUT2D eigenvalue weighted by atomic mass is 16.5. The third kappa shape index (κ3) is 5.21. The highest BCUT2D eigenvalue weighted by Crippen LogP contribution is 2.31. The molecule has 0 heterocycles. The Morgan fingerprint density at radius 1 is 1.21 bits per heavy atom. The van der Waals surface area contributed by atoms with Crippen molar-refractivity contribution in [2.75, 3.05) is 20.3 Å². The number of nitrogens with one attached hydrogen (secondary N) is 1. The first kappa shape index (κ1) is 16.0. The van der Waals surface area contributed by atoms with Crippen molar-refractivity contribution in [2.45, 2.75) is 45.6 Å². The van der Waals surface area contributed by atoms with E-state index in [0.29, 0.717) is 0 Å². The molecule has 0 radical (unpaired) electrons. The number of hydrogen-bond acceptors (Lipinski definition) is 3. The second-order valence-electron chi connectivity index (χ2n) is 5.89. The van der Waals surface area contributed by atoms with Gasteiger partial charge in [0.1, 0.15) is 5.75 Å². The number of ether oxygens (including phenoxy) is 1. The van der Waals surface area contributed by atoms with Gasteiger partial charge in [-0.2, -0.15) is 0 Å². The van der Waals surface area contributed by atoms with Crippen LogP contribution >= 0.6 is 0 Å².